The predicted molar refractivity (Wildman–Crippen MR) is 70.0 cm³/mol. The number of thioether (sulfide) groups is 1. The maximum atomic E-state index is 10.7. The topological polar surface area (TPSA) is 69.1 Å². The smallest absolute Gasteiger partial charge is 0.186 e. The number of nitrogens with two attached hydrogens (primary N) is 2. The van der Waals surface area contributed by atoms with Crippen molar-refractivity contribution in [1.82, 2.24) is 0 Å². The average Bonchev–Trinajstić information content (AvgIpc) is 2.20. The molecule has 0 heterocycles. The summed E-state index contributed by atoms with van der Waals surface area (Å²) in [7, 11) is 0. The van der Waals surface area contributed by atoms with Crippen molar-refractivity contribution in [2.75, 3.05) is 17.2 Å². The number of nitrogen functional groups attached to an aromatic ring is 2. The Morgan fingerprint density at radius 1 is 1.44 bits per heavy atom. The van der Waals surface area contributed by atoms with Gasteiger partial charge in [-0.3, -0.25) is 4.79 Å². The van der Waals surface area contributed by atoms with Gasteiger partial charge in [0.1, 0.15) is 0 Å². The molecule has 0 saturated heterocycles. The van der Waals surface area contributed by atoms with E-state index in [2.05, 4.69) is 11.8 Å². The summed E-state index contributed by atoms with van der Waals surface area (Å²) in [5.74, 6) is 6.35. The SMILES string of the molecule is CC(=O)SCC#Cc1cc(C)c(N)c(N)c1. The molecule has 0 aliphatic rings. The average molecular weight is 234 g/mol. The number of benzene rings is 1. The highest BCUT2D eigenvalue weighted by Crippen LogP contribution is 2.20. The summed E-state index contributed by atoms with van der Waals surface area (Å²) in [6, 6.07) is 3.63. The zero-order valence-electron chi connectivity index (χ0n) is 9.33. The summed E-state index contributed by atoms with van der Waals surface area (Å²) in [6.45, 7) is 3.42. The van der Waals surface area contributed by atoms with Crippen LogP contribution in [0.3, 0.4) is 0 Å². The van der Waals surface area contributed by atoms with E-state index in [9.17, 15) is 4.79 Å². The van der Waals surface area contributed by atoms with E-state index in [1.807, 2.05) is 13.0 Å². The number of carbonyl (C=O) groups excluding carboxylic acids is 1. The standard InChI is InChI=1S/C12H14N2OS/c1-8-6-10(7-11(13)12(8)14)4-3-5-16-9(2)15/h6-7H,5,13-14H2,1-2H3. The highest BCUT2D eigenvalue weighted by molar-refractivity contribution is 8.13. The van der Waals surface area contributed by atoms with Crippen LogP contribution in [0.1, 0.15) is 18.1 Å². The first-order valence-electron chi connectivity index (χ1n) is 4.78. The molecule has 3 nitrogen and oxygen atoms in total. The molecule has 0 unspecified atom stereocenters. The molecule has 0 bridgehead atoms. The highest BCUT2D eigenvalue weighted by atomic mass is 32.2. The summed E-state index contributed by atoms with van der Waals surface area (Å²) in [6.07, 6.45) is 0. The highest BCUT2D eigenvalue weighted by Gasteiger charge is 1.99. The van der Waals surface area contributed by atoms with Gasteiger partial charge in [0.05, 0.1) is 17.1 Å². The van der Waals surface area contributed by atoms with Crippen LogP contribution in [0.5, 0.6) is 0 Å². The molecule has 84 valence electrons. The van der Waals surface area contributed by atoms with Gasteiger partial charge in [0.15, 0.2) is 5.12 Å². The second-order valence-corrected chi connectivity index (χ2v) is 4.53. The lowest BCUT2D eigenvalue weighted by atomic mass is 10.1. The van der Waals surface area contributed by atoms with E-state index in [1.165, 1.54) is 18.7 Å². The second kappa shape index (κ2) is 5.47. The van der Waals surface area contributed by atoms with Gasteiger partial charge >= 0.3 is 0 Å². The molecule has 0 aliphatic heterocycles. The fraction of sp³-hybridized carbons (Fsp3) is 0.250. The van der Waals surface area contributed by atoms with Crippen LogP contribution in [-0.2, 0) is 4.79 Å². The van der Waals surface area contributed by atoms with Crippen LogP contribution in [0.2, 0.25) is 0 Å². The van der Waals surface area contributed by atoms with Crippen molar-refractivity contribution in [2.45, 2.75) is 13.8 Å². The summed E-state index contributed by atoms with van der Waals surface area (Å²) in [5.41, 5.74) is 14.3. The lowest BCUT2D eigenvalue weighted by Gasteiger charge is -2.04. The Kier molecular flexibility index (Phi) is 4.27. The lowest BCUT2D eigenvalue weighted by molar-refractivity contribution is -0.109. The van der Waals surface area contributed by atoms with E-state index >= 15 is 0 Å². The third-order valence-electron chi connectivity index (χ3n) is 2.00. The number of carbonyl (C=O) groups is 1. The van der Waals surface area contributed by atoms with Crippen molar-refractivity contribution in [2.24, 2.45) is 0 Å². The third kappa shape index (κ3) is 3.52. The Bertz CT molecular complexity index is 449. The number of hydrogen-bond donors (Lipinski definition) is 2. The Morgan fingerprint density at radius 3 is 2.69 bits per heavy atom. The van der Waals surface area contributed by atoms with Gasteiger partial charge in [-0.25, -0.2) is 0 Å². The zero-order chi connectivity index (χ0) is 12.1. The molecule has 4 heteroatoms. The molecule has 16 heavy (non-hydrogen) atoms. The minimum absolute atomic E-state index is 0.0716. The van der Waals surface area contributed by atoms with Crippen molar-refractivity contribution in [3.8, 4) is 11.8 Å². The minimum Gasteiger partial charge on any atom is -0.397 e. The van der Waals surface area contributed by atoms with Crippen molar-refractivity contribution >= 4 is 28.3 Å². The second-order valence-electron chi connectivity index (χ2n) is 3.38. The molecule has 0 fully saturated rings. The van der Waals surface area contributed by atoms with Crippen LogP contribution in [0, 0.1) is 18.8 Å². The number of hydrogen-bond acceptors (Lipinski definition) is 4. The minimum atomic E-state index is 0.0716. The summed E-state index contributed by atoms with van der Waals surface area (Å²) < 4.78 is 0. The molecule has 1 aromatic rings. The molecule has 0 aliphatic carbocycles. The monoisotopic (exact) mass is 234 g/mol. The Hall–Kier alpha value is -1.60. The van der Waals surface area contributed by atoms with Crippen LogP contribution in [0.15, 0.2) is 12.1 Å². The fourth-order valence-electron chi connectivity index (χ4n) is 1.17. The first kappa shape index (κ1) is 12.5. The first-order chi connectivity index (χ1) is 7.50. The third-order valence-corrected chi connectivity index (χ3v) is 2.69. The van der Waals surface area contributed by atoms with E-state index in [0.717, 1.165) is 11.1 Å². The van der Waals surface area contributed by atoms with Crippen LogP contribution >= 0.6 is 11.8 Å². The largest absolute Gasteiger partial charge is 0.397 e. The van der Waals surface area contributed by atoms with Gasteiger partial charge in [-0.1, -0.05) is 23.6 Å². The lowest BCUT2D eigenvalue weighted by Crippen LogP contribution is -1.98. The molecular weight excluding hydrogens is 220 g/mol. The van der Waals surface area contributed by atoms with E-state index in [-0.39, 0.29) is 5.12 Å². The van der Waals surface area contributed by atoms with E-state index in [0.29, 0.717) is 17.1 Å². The van der Waals surface area contributed by atoms with Gasteiger partial charge in [-0.2, -0.15) is 0 Å². The fourth-order valence-corrected chi connectivity index (χ4v) is 1.52. The number of rotatable bonds is 1. The van der Waals surface area contributed by atoms with Crippen LogP contribution < -0.4 is 11.5 Å². The summed E-state index contributed by atoms with van der Waals surface area (Å²) >= 11 is 1.19. The van der Waals surface area contributed by atoms with E-state index in [1.54, 1.807) is 6.07 Å². The molecule has 0 radical (unpaired) electrons. The zero-order valence-corrected chi connectivity index (χ0v) is 10.1. The molecule has 0 atom stereocenters. The number of anilines is 2. The van der Waals surface area contributed by atoms with Gasteiger partial charge in [0.25, 0.3) is 0 Å². The van der Waals surface area contributed by atoms with Gasteiger partial charge in [-0.15, -0.1) is 0 Å². The quantitative estimate of drug-likeness (QED) is 0.574. The molecule has 1 rings (SSSR count). The molecule has 0 aromatic heterocycles. The van der Waals surface area contributed by atoms with Gasteiger partial charge in [-0.05, 0) is 24.6 Å². The van der Waals surface area contributed by atoms with Gasteiger partial charge in [0.2, 0.25) is 0 Å². The maximum Gasteiger partial charge on any atom is 0.186 e. The molecule has 0 spiro atoms. The van der Waals surface area contributed by atoms with Crippen LogP contribution in [0.4, 0.5) is 11.4 Å². The molecule has 1 aromatic carbocycles. The molecule has 0 amide bonds. The van der Waals surface area contributed by atoms with Crippen LogP contribution in [-0.4, -0.2) is 10.9 Å². The van der Waals surface area contributed by atoms with Crippen molar-refractivity contribution in [3.05, 3.63) is 23.3 Å². The molecule has 0 saturated carbocycles. The van der Waals surface area contributed by atoms with Crippen molar-refractivity contribution in [1.29, 1.82) is 0 Å². The Balaban J connectivity index is 2.78. The van der Waals surface area contributed by atoms with Crippen molar-refractivity contribution in [3.63, 3.8) is 0 Å². The summed E-state index contributed by atoms with van der Waals surface area (Å²) in [4.78, 5) is 10.7. The van der Waals surface area contributed by atoms with Gasteiger partial charge < -0.3 is 11.5 Å². The molecule has 4 N–H and O–H groups in total. The number of aryl methyl sites for hydroxylation is 1. The van der Waals surface area contributed by atoms with E-state index < -0.39 is 0 Å². The van der Waals surface area contributed by atoms with Gasteiger partial charge in [0, 0.05) is 12.5 Å². The normalized spacial score (nSPS) is 9.38. The van der Waals surface area contributed by atoms with Crippen LogP contribution in [0.25, 0.3) is 0 Å². The van der Waals surface area contributed by atoms with Crippen molar-refractivity contribution < 1.29 is 4.79 Å². The Labute approximate surface area is 99.6 Å². The summed E-state index contributed by atoms with van der Waals surface area (Å²) in [5, 5.41) is 0.0716. The maximum absolute atomic E-state index is 10.7. The molecular formula is C12H14N2OS. The van der Waals surface area contributed by atoms with E-state index in [4.69, 9.17) is 11.5 Å². The first-order valence-corrected chi connectivity index (χ1v) is 5.77. The Morgan fingerprint density at radius 2 is 2.12 bits per heavy atom. The predicted octanol–water partition coefficient (Wildman–Crippen LogP) is 1.79.